The van der Waals surface area contributed by atoms with Crippen molar-refractivity contribution in [1.82, 2.24) is 0 Å². The Morgan fingerprint density at radius 3 is 2.52 bits per heavy atom. The summed E-state index contributed by atoms with van der Waals surface area (Å²) in [6.07, 6.45) is 1.55. The van der Waals surface area contributed by atoms with Crippen LogP contribution in [-0.4, -0.2) is 17.3 Å². The van der Waals surface area contributed by atoms with Gasteiger partial charge in [0.15, 0.2) is 0 Å². The Balaban J connectivity index is 2.29. The van der Waals surface area contributed by atoms with Crippen molar-refractivity contribution in [2.75, 3.05) is 12.2 Å². The van der Waals surface area contributed by atoms with Crippen LogP contribution < -0.4 is 14.5 Å². The van der Waals surface area contributed by atoms with E-state index in [9.17, 15) is 5.21 Å². The molecule has 0 aliphatic heterocycles. The third-order valence-corrected chi connectivity index (χ3v) is 4.55. The quantitative estimate of drug-likeness (QED) is 0.552. The van der Waals surface area contributed by atoms with E-state index in [1.165, 1.54) is 5.56 Å². The summed E-state index contributed by atoms with van der Waals surface area (Å²) in [5.74, 6) is 1.38. The van der Waals surface area contributed by atoms with E-state index in [-0.39, 0.29) is 0 Å². The highest BCUT2D eigenvalue weighted by atomic mass is 32.1. The fraction of sp³-hybridized carbons (Fsp3) is 0.350. The number of benzene rings is 2. The Morgan fingerprint density at radius 2 is 1.92 bits per heavy atom. The molecule has 0 radical (unpaired) electrons. The van der Waals surface area contributed by atoms with Gasteiger partial charge >= 0.3 is 0 Å². The lowest BCUT2D eigenvalue weighted by molar-refractivity contribution is 0.287. The highest BCUT2D eigenvalue weighted by Gasteiger charge is 2.18. The molecule has 0 aliphatic rings. The van der Waals surface area contributed by atoms with Gasteiger partial charge in [-0.2, -0.15) is 0 Å². The average Bonchev–Trinajstić information content (AvgIpc) is 2.65. The van der Waals surface area contributed by atoms with E-state index in [2.05, 4.69) is 19.1 Å². The first kappa shape index (κ1) is 19.2. The van der Waals surface area contributed by atoms with E-state index in [1.807, 2.05) is 32.0 Å². The molecule has 1 N–H and O–H groups in total. The maximum atomic E-state index is 10.5. The molecule has 0 aromatic heterocycles. The smallest absolute Gasteiger partial charge is 0.145 e. The number of thiocarbonyl (C=S) groups is 1. The van der Waals surface area contributed by atoms with Gasteiger partial charge in [-0.3, -0.25) is 5.21 Å². The first-order valence-corrected chi connectivity index (χ1v) is 8.82. The van der Waals surface area contributed by atoms with Gasteiger partial charge in [0.05, 0.1) is 7.11 Å². The molecule has 0 fully saturated rings. The zero-order valence-electron chi connectivity index (χ0n) is 15.2. The van der Waals surface area contributed by atoms with Gasteiger partial charge in [0.1, 0.15) is 28.8 Å². The summed E-state index contributed by atoms with van der Waals surface area (Å²) in [5, 5.41) is 11.5. The molecular formula is C20H25NO3S. The summed E-state index contributed by atoms with van der Waals surface area (Å²) in [5.41, 5.74) is 3.70. The number of aryl methyl sites for hydroxylation is 2. The highest BCUT2D eigenvalue weighted by molar-refractivity contribution is 7.80. The van der Waals surface area contributed by atoms with E-state index in [0.717, 1.165) is 28.4 Å². The van der Waals surface area contributed by atoms with Crippen molar-refractivity contribution in [2.24, 2.45) is 0 Å². The molecule has 2 rings (SSSR count). The molecule has 0 spiro atoms. The van der Waals surface area contributed by atoms with Gasteiger partial charge in [0.25, 0.3) is 0 Å². The minimum atomic E-state index is 0.308. The second-order valence-corrected chi connectivity index (χ2v) is 6.24. The Hall–Kier alpha value is -2.11. The first-order chi connectivity index (χ1) is 12.0. The number of para-hydroxylation sites is 1. The minimum absolute atomic E-state index is 0.308. The van der Waals surface area contributed by atoms with Crippen LogP contribution in [0.15, 0.2) is 36.4 Å². The van der Waals surface area contributed by atoms with Gasteiger partial charge < -0.3 is 9.47 Å². The summed E-state index contributed by atoms with van der Waals surface area (Å²) < 4.78 is 11.4. The molecule has 0 heterocycles. The van der Waals surface area contributed by atoms with Crippen molar-refractivity contribution < 1.29 is 14.7 Å². The number of nitrogens with zero attached hydrogens (tertiary/aromatic N) is 1. The average molecular weight is 359 g/mol. The molecule has 2 aromatic carbocycles. The number of ether oxygens (including phenoxy) is 2. The topological polar surface area (TPSA) is 41.9 Å². The standard InChI is InChI=1S/C20H25NO3S/c1-5-15-10-11-17(14(3)12-15)24-13-16-8-7-9-18(23-4)20(16)21(22)19(25)6-2/h7-12,22H,5-6,13H2,1-4H3. The predicted molar refractivity (Wildman–Crippen MR) is 105 cm³/mol. The van der Waals surface area contributed by atoms with Gasteiger partial charge in [-0.15, -0.1) is 0 Å². The fourth-order valence-electron chi connectivity index (χ4n) is 2.61. The molecule has 0 aliphatic carbocycles. The lowest BCUT2D eigenvalue weighted by Gasteiger charge is -2.23. The van der Waals surface area contributed by atoms with Gasteiger partial charge in [-0.05, 0) is 43.0 Å². The van der Waals surface area contributed by atoms with Crippen LogP contribution >= 0.6 is 12.2 Å². The van der Waals surface area contributed by atoms with Gasteiger partial charge in [0, 0.05) is 5.56 Å². The van der Waals surface area contributed by atoms with Crippen molar-refractivity contribution >= 4 is 22.9 Å². The van der Waals surface area contributed by atoms with Crippen LogP contribution in [0.2, 0.25) is 0 Å². The van der Waals surface area contributed by atoms with E-state index < -0.39 is 0 Å². The maximum absolute atomic E-state index is 10.5. The molecule has 2 aromatic rings. The molecular weight excluding hydrogens is 334 g/mol. The van der Waals surface area contributed by atoms with Crippen LogP contribution in [0.25, 0.3) is 0 Å². The van der Waals surface area contributed by atoms with Crippen LogP contribution in [0.4, 0.5) is 5.69 Å². The minimum Gasteiger partial charge on any atom is -0.494 e. The first-order valence-electron chi connectivity index (χ1n) is 8.41. The Bertz CT molecular complexity index is 746. The molecule has 134 valence electrons. The van der Waals surface area contributed by atoms with Gasteiger partial charge in [0.2, 0.25) is 0 Å². The molecule has 5 heteroatoms. The summed E-state index contributed by atoms with van der Waals surface area (Å²) >= 11 is 5.23. The second kappa shape index (κ2) is 8.83. The zero-order valence-corrected chi connectivity index (χ0v) is 16.0. The number of rotatable bonds is 7. The lowest BCUT2D eigenvalue weighted by Crippen LogP contribution is -2.26. The normalized spacial score (nSPS) is 10.4. The van der Waals surface area contributed by atoms with Crippen molar-refractivity contribution in [3.63, 3.8) is 0 Å². The summed E-state index contributed by atoms with van der Waals surface area (Å²) in [4.78, 5) is 0.425. The Morgan fingerprint density at radius 1 is 1.16 bits per heavy atom. The SMILES string of the molecule is CCC(=S)N(O)c1c(COc2ccc(CC)cc2C)cccc1OC. The molecule has 0 bridgehead atoms. The predicted octanol–water partition coefficient (Wildman–Crippen LogP) is 5.08. The van der Waals surface area contributed by atoms with Crippen LogP contribution in [-0.2, 0) is 13.0 Å². The van der Waals surface area contributed by atoms with Crippen molar-refractivity contribution in [3.05, 3.63) is 53.1 Å². The summed E-state index contributed by atoms with van der Waals surface area (Å²) in [6.45, 7) is 6.37. The number of anilines is 1. The number of hydrogen-bond acceptors (Lipinski definition) is 4. The van der Waals surface area contributed by atoms with E-state index >= 15 is 0 Å². The van der Waals surface area contributed by atoms with E-state index in [0.29, 0.717) is 29.5 Å². The lowest BCUT2D eigenvalue weighted by atomic mass is 10.1. The van der Waals surface area contributed by atoms with E-state index in [1.54, 1.807) is 13.2 Å². The molecule has 0 atom stereocenters. The van der Waals surface area contributed by atoms with Crippen molar-refractivity contribution in [3.8, 4) is 11.5 Å². The molecule has 25 heavy (non-hydrogen) atoms. The largest absolute Gasteiger partial charge is 0.494 e. The third-order valence-electron chi connectivity index (χ3n) is 4.08. The Kier molecular flexibility index (Phi) is 6.79. The van der Waals surface area contributed by atoms with Crippen LogP contribution in [0, 0.1) is 6.92 Å². The van der Waals surface area contributed by atoms with Crippen LogP contribution in [0.5, 0.6) is 11.5 Å². The number of methoxy groups -OCH3 is 1. The molecule has 0 saturated carbocycles. The van der Waals surface area contributed by atoms with Crippen LogP contribution in [0.1, 0.15) is 37.0 Å². The van der Waals surface area contributed by atoms with Gasteiger partial charge in [-0.1, -0.05) is 50.3 Å². The van der Waals surface area contributed by atoms with Gasteiger partial charge in [-0.25, -0.2) is 5.06 Å². The second-order valence-electron chi connectivity index (χ2n) is 5.77. The Labute approximate surface area is 155 Å². The number of hydrogen-bond donors (Lipinski definition) is 1. The molecule has 0 saturated heterocycles. The molecule has 0 amide bonds. The van der Waals surface area contributed by atoms with Crippen molar-refractivity contribution in [2.45, 2.75) is 40.2 Å². The zero-order chi connectivity index (χ0) is 18.4. The summed E-state index contributed by atoms with van der Waals surface area (Å²) in [7, 11) is 1.57. The molecule has 4 nitrogen and oxygen atoms in total. The third kappa shape index (κ3) is 4.50. The maximum Gasteiger partial charge on any atom is 0.145 e. The van der Waals surface area contributed by atoms with Crippen molar-refractivity contribution in [1.29, 1.82) is 0 Å². The van der Waals surface area contributed by atoms with Crippen LogP contribution in [0.3, 0.4) is 0 Å². The monoisotopic (exact) mass is 359 g/mol. The van der Waals surface area contributed by atoms with E-state index in [4.69, 9.17) is 21.7 Å². The molecule has 0 unspecified atom stereocenters. The number of hydroxylamine groups is 1. The highest BCUT2D eigenvalue weighted by Crippen LogP contribution is 2.33. The fourth-order valence-corrected chi connectivity index (χ4v) is 2.70. The summed E-state index contributed by atoms with van der Waals surface area (Å²) in [6, 6.07) is 11.8.